The zero-order valence-corrected chi connectivity index (χ0v) is 10.8. The average molecular weight is 258 g/mol. The van der Waals surface area contributed by atoms with Gasteiger partial charge in [-0.3, -0.25) is 4.68 Å². The smallest absolute Gasteiger partial charge is 0.151 e. The third kappa shape index (κ3) is 2.87. The lowest BCUT2D eigenvalue weighted by Gasteiger charge is -2.08. The minimum absolute atomic E-state index is 0.0215. The quantitative estimate of drug-likeness (QED) is 0.814. The van der Waals surface area contributed by atoms with Crippen molar-refractivity contribution in [3.05, 3.63) is 17.5 Å². The fourth-order valence-corrected chi connectivity index (χ4v) is 2.67. The zero-order chi connectivity index (χ0) is 12.5. The van der Waals surface area contributed by atoms with Crippen LogP contribution in [0.3, 0.4) is 0 Å². The fraction of sp³-hybridized carbons (Fsp3) is 0.727. The monoisotopic (exact) mass is 258 g/mol. The molecule has 0 unspecified atom stereocenters. The second-order valence-electron chi connectivity index (χ2n) is 4.45. The van der Waals surface area contributed by atoms with Gasteiger partial charge >= 0.3 is 0 Å². The van der Waals surface area contributed by atoms with Gasteiger partial charge in [-0.2, -0.15) is 5.10 Å². The predicted molar refractivity (Wildman–Crippen MR) is 64.5 cm³/mol. The normalized spacial score (nSPS) is 16.4. The largest absolute Gasteiger partial charge is 0.392 e. The molecule has 1 aliphatic carbocycles. The highest BCUT2D eigenvalue weighted by atomic mass is 32.2. The van der Waals surface area contributed by atoms with Crippen molar-refractivity contribution >= 4 is 9.84 Å². The van der Waals surface area contributed by atoms with Gasteiger partial charge in [-0.15, -0.1) is 0 Å². The minimum atomic E-state index is -2.96. The maximum absolute atomic E-state index is 11.5. The molecule has 0 bridgehead atoms. The molecule has 0 amide bonds. The summed E-state index contributed by atoms with van der Waals surface area (Å²) in [6.07, 6.45) is 3.87. The Balaban J connectivity index is 2.13. The van der Waals surface area contributed by atoms with Gasteiger partial charge in [0.1, 0.15) is 0 Å². The Bertz CT molecular complexity index is 489. The molecule has 1 aromatic rings. The van der Waals surface area contributed by atoms with Gasteiger partial charge in [0.25, 0.3) is 0 Å². The molecule has 0 spiro atoms. The van der Waals surface area contributed by atoms with E-state index in [1.807, 2.05) is 0 Å². The standard InChI is InChI=1S/C11H18N2O3S/c1-2-17(15,16)6-5-13-11(9-3-4-9)10(8-14)7-12-13/h7,9,14H,2-6,8H2,1H3. The van der Waals surface area contributed by atoms with Crippen molar-refractivity contribution in [1.82, 2.24) is 9.78 Å². The van der Waals surface area contributed by atoms with E-state index in [9.17, 15) is 13.5 Å². The van der Waals surface area contributed by atoms with Crippen LogP contribution in [0.25, 0.3) is 0 Å². The van der Waals surface area contributed by atoms with Gasteiger partial charge in [-0.05, 0) is 12.8 Å². The summed E-state index contributed by atoms with van der Waals surface area (Å²) in [5, 5.41) is 13.4. The molecule has 1 aromatic heterocycles. The first kappa shape index (κ1) is 12.6. The van der Waals surface area contributed by atoms with Crippen molar-refractivity contribution in [1.29, 1.82) is 0 Å². The van der Waals surface area contributed by atoms with Crippen LogP contribution < -0.4 is 0 Å². The van der Waals surface area contributed by atoms with Crippen molar-refractivity contribution in [2.45, 2.75) is 38.8 Å². The molecule has 1 aliphatic rings. The Morgan fingerprint density at radius 1 is 1.53 bits per heavy atom. The third-order valence-electron chi connectivity index (χ3n) is 3.15. The van der Waals surface area contributed by atoms with Crippen molar-refractivity contribution in [3.8, 4) is 0 Å². The topological polar surface area (TPSA) is 72.2 Å². The Hall–Kier alpha value is -0.880. The Kier molecular flexibility index (Phi) is 3.53. The molecule has 1 saturated carbocycles. The molecule has 1 N–H and O–H groups in total. The molecular weight excluding hydrogens is 240 g/mol. The Labute approximate surface area is 101 Å². The number of hydrogen-bond donors (Lipinski definition) is 1. The summed E-state index contributed by atoms with van der Waals surface area (Å²) in [5.41, 5.74) is 1.86. The van der Waals surface area contributed by atoms with Crippen LogP contribution in [0.1, 0.15) is 36.9 Å². The number of nitrogens with zero attached hydrogens (tertiary/aromatic N) is 2. The van der Waals surface area contributed by atoms with E-state index >= 15 is 0 Å². The fourth-order valence-electron chi connectivity index (χ4n) is 1.93. The number of rotatable bonds is 6. The summed E-state index contributed by atoms with van der Waals surface area (Å²) >= 11 is 0. The molecule has 17 heavy (non-hydrogen) atoms. The van der Waals surface area contributed by atoms with E-state index in [0.717, 1.165) is 24.1 Å². The van der Waals surface area contributed by atoms with E-state index in [2.05, 4.69) is 5.10 Å². The van der Waals surface area contributed by atoms with Crippen LogP contribution in [-0.4, -0.2) is 34.8 Å². The van der Waals surface area contributed by atoms with Gasteiger partial charge in [0, 0.05) is 22.9 Å². The molecule has 6 heteroatoms. The van der Waals surface area contributed by atoms with Gasteiger partial charge in [-0.1, -0.05) is 6.92 Å². The number of aliphatic hydroxyl groups excluding tert-OH is 1. The summed E-state index contributed by atoms with van der Waals surface area (Å²) in [4.78, 5) is 0. The molecule has 2 rings (SSSR count). The van der Waals surface area contributed by atoms with Crippen molar-refractivity contribution in [2.24, 2.45) is 0 Å². The maximum Gasteiger partial charge on any atom is 0.151 e. The number of hydrogen-bond acceptors (Lipinski definition) is 4. The second-order valence-corrected chi connectivity index (χ2v) is 6.92. The van der Waals surface area contributed by atoms with Gasteiger partial charge in [0.15, 0.2) is 9.84 Å². The molecule has 96 valence electrons. The summed E-state index contributed by atoms with van der Waals surface area (Å²) < 4.78 is 24.7. The van der Waals surface area contributed by atoms with E-state index in [-0.39, 0.29) is 18.1 Å². The summed E-state index contributed by atoms with van der Waals surface area (Å²) in [7, 11) is -2.96. The summed E-state index contributed by atoms with van der Waals surface area (Å²) in [5.74, 6) is 0.749. The number of sulfone groups is 1. The van der Waals surface area contributed by atoms with E-state index in [4.69, 9.17) is 0 Å². The highest BCUT2D eigenvalue weighted by Crippen LogP contribution is 2.41. The van der Waals surface area contributed by atoms with Crippen LogP contribution in [0.5, 0.6) is 0 Å². The first-order valence-electron chi connectivity index (χ1n) is 5.93. The van der Waals surface area contributed by atoms with Gasteiger partial charge in [0.2, 0.25) is 0 Å². The highest BCUT2D eigenvalue weighted by Gasteiger charge is 2.30. The summed E-state index contributed by atoms with van der Waals surface area (Å²) in [6.45, 7) is 2.02. The summed E-state index contributed by atoms with van der Waals surface area (Å²) in [6, 6.07) is 0. The Morgan fingerprint density at radius 2 is 2.24 bits per heavy atom. The van der Waals surface area contributed by atoms with Crippen LogP contribution in [0.4, 0.5) is 0 Å². The average Bonchev–Trinajstić information content (AvgIpc) is 3.07. The lowest BCUT2D eigenvalue weighted by molar-refractivity contribution is 0.280. The third-order valence-corrected chi connectivity index (χ3v) is 4.83. The van der Waals surface area contributed by atoms with Crippen LogP contribution in [0, 0.1) is 0 Å². The van der Waals surface area contributed by atoms with E-state index in [0.29, 0.717) is 12.5 Å². The lowest BCUT2D eigenvalue weighted by Crippen LogP contribution is -2.17. The molecule has 0 aromatic carbocycles. The van der Waals surface area contributed by atoms with Crippen LogP contribution in [0.2, 0.25) is 0 Å². The second kappa shape index (κ2) is 4.78. The van der Waals surface area contributed by atoms with Crippen molar-refractivity contribution < 1.29 is 13.5 Å². The Morgan fingerprint density at radius 3 is 2.76 bits per heavy atom. The molecular formula is C11H18N2O3S. The van der Waals surface area contributed by atoms with Crippen LogP contribution in [0.15, 0.2) is 6.20 Å². The number of aliphatic hydroxyl groups is 1. The first-order valence-corrected chi connectivity index (χ1v) is 7.75. The van der Waals surface area contributed by atoms with Crippen molar-refractivity contribution in [2.75, 3.05) is 11.5 Å². The molecule has 0 radical (unpaired) electrons. The molecule has 0 aliphatic heterocycles. The van der Waals surface area contributed by atoms with E-state index in [1.54, 1.807) is 17.8 Å². The highest BCUT2D eigenvalue weighted by molar-refractivity contribution is 7.91. The zero-order valence-electron chi connectivity index (χ0n) is 9.96. The minimum Gasteiger partial charge on any atom is -0.392 e. The van der Waals surface area contributed by atoms with Gasteiger partial charge < -0.3 is 5.11 Å². The SMILES string of the molecule is CCS(=O)(=O)CCn1ncc(CO)c1C1CC1. The molecule has 5 nitrogen and oxygen atoms in total. The maximum atomic E-state index is 11.5. The molecule has 1 heterocycles. The van der Waals surface area contributed by atoms with Crippen molar-refractivity contribution in [3.63, 3.8) is 0 Å². The molecule has 1 fully saturated rings. The number of aryl methyl sites for hydroxylation is 1. The first-order chi connectivity index (χ1) is 8.07. The van der Waals surface area contributed by atoms with Crippen LogP contribution in [-0.2, 0) is 23.0 Å². The van der Waals surface area contributed by atoms with Gasteiger partial charge in [0.05, 0.1) is 25.1 Å². The number of aromatic nitrogens is 2. The molecule has 0 saturated heterocycles. The molecule has 0 atom stereocenters. The van der Waals surface area contributed by atoms with E-state index in [1.165, 1.54) is 0 Å². The van der Waals surface area contributed by atoms with Gasteiger partial charge in [-0.25, -0.2) is 8.42 Å². The predicted octanol–water partition coefficient (Wildman–Crippen LogP) is 0.687. The van der Waals surface area contributed by atoms with E-state index < -0.39 is 9.84 Å². The van der Waals surface area contributed by atoms with Crippen LogP contribution >= 0.6 is 0 Å². The lowest BCUT2D eigenvalue weighted by atomic mass is 10.2.